The molecule has 0 saturated carbocycles. The molecule has 0 saturated heterocycles. The molecule has 96 valence electrons. The van der Waals surface area contributed by atoms with Gasteiger partial charge in [-0.2, -0.15) is 0 Å². The van der Waals surface area contributed by atoms with E-state index in [1.54, 1.807) is 24.3 Å². The molecule has 0 amide bonds. The lowest BCUT2D eigenvalue weighted by Crippen LogP contribution is -2.29. The van der Waals surface area contributed by atoms with E-state index in [2.05, 4.69) is 0 Å². The summed E-state index contributed by atoms with van der Waals surface area (Å²) < 4.78 is 30.2. The standard InChI is InChI=1S/C13H15NO3S/c1-11-5-7-12(8-6-11)14(18(2,15)16)10-13-4-3-9-17-13/h3-9H,10H2,1-2H3. The predicted octanol–water partition coefficient (Wildman–Crippen LogP) is 2.55. The maximum atomic E-state index is 11.8. The maximum absolute atomic E-state index is 11.8. The molecule has 1 aromatic heterocycles. The van der Waals surface area contributed by atoms with Crippen LogP contribution in [0.5, 0.6) is 0 Å². The van der Waals surface area contributed by atoms with Gasteiger partial charge in [0.2, 0.25) is 10.0 Å². The summed E-state index contributed by atoms with van der Waals surface area (Å²) in [6.07, 6.45) is 2.72. The lowest BCUT2D eigenvalue weighted by molar-refractivity contribution is 0.509. The van der Waals surface area contributed by atoms with E-state index in [-0.39, 0.29) is 6.54 Å². The van der Waals surface area contributed by atoms with E-state index in [4.69, 9.17) is 4.42 Å². The van der Waals surface area contributed by atoms with Crippen molar-refractivity contribution in [3.8, 4) is 0 Å². The Kier molecular flexibility index (Phi) is 3.43. The third-order valence-corrected chi connectivity index (χ3v) is 3.74. The van der Waals surface area contributed by atoms with Crippen LogP contribution < -0.4 is 4.31 Å². The monoisotopic (exact) mass is 265 g/mol. The van der Waals surface area contributed by atoms with Crippen molar-refractivity contribution in [1.29, 1.82) is 0 Å². The van der Waals surface area contributed by atoms with E-state index in [1.165, 1.54) is 16.8 Å². The molecule has 1 aromatic carbocycles. The molecule has 0 fully saturated rings. The van der Waals surface area contributed by atoms with Gasteiger partial charge >= 0.3 is 0 Å². The van der Waals surface area contributed by atoms with Crippen LogP contribution in [-0.2, 0) is 16.6 Å². The lowest BCUT2D eigenvalue weighted by Gasteiger charge is -2.21. The highest BCUT2D eigenvalue weighted by Crippen LogP contribution is 2.21. The zero-order valence-corrected chi connectivity index (χ0v) is 11.1. The van der Waals surface area contributed by atoms with E-state index >= 15 is 0 Å². The minimum Gasteiger partial charge on any atom is -0.467 e. The van der Waals surface area contributed by atoms with Gasteiger partial charge in [0.25, 0.3) is 0 Å². The Bertz CT molecular complexity index is 600. The van der Waals surface area contributed by atoms with E-state index in [0.717, 1.165) is 5.56 Å². The number of nitrogens with zero attached hydrogens (tertiary/aromatic N) is 1. The van der Waals surface area contributed by atoms with Crippen LogP contribution >= 0.6 is 0 Å². The van der Waals surface area contributed by atoms with Crippen molar-refractivity contribution in [3.63, 3.8) is 0 Å². The number of sulfonamides is 1. The molecule has 2 aromatic rings. The number of aryl methyl sites for hydroxylation is 1. The molecule has 0 aliphatic rings. The fourth-order valence-electron chi connectivity index (χ4n) is 1.66. The Morgan fingerprint density at radius 3 is 2.33 bits per heavy atom. The molecule has 1 heterocycles. The first-order chi connectivity index (χ1) is 8.47. The minimum absolute atomic E-state index is 0.203. The second-order valence-electron chi connectivity index (χ2n) is 4.18. The summed E-state index contributed by atoms with van der Waals surface area (Å²) in [6.45, 7) is 2.16. The Morgan fingerprint density at radius 2 is 1.83 bits per heavy atom. The van der Waals surface area contributed by atoms with Gasteiger partial charge in [0.1, 0.15) is 5.76 Å². The van der Waals surface area contributed by atoms with Crippen LogP contribution in [0.4, 0.5) is 5.69 Å². The molecule has 2 rings (SSSR count). The molecule has 18 heavy (non-hydrogen) atoms. The van der Waals surface area contributed by atoms with Crippen LogP contribution in [0.2, 0.25) is 0 Å². The Labute approximate surface area is 107 Å². The predicted molar refractivity (Wildman–Crippen MR) is 70.9 cm³/mol. The van der Waals surface area contributed by atoms with Crippen LogP contribution in [0.25, 0.3) is 0 Å². The molecule has 0 bridgehead atoms. The summed E-state index contributed by atoms with van der Waals surface area (Å²) in [5.41, 5.74) is 1.73. The van der Waals surface area contributed by atoms with Gasteiger partial charge in [-0.3, -0.25) is 4.31 Å². The van der Waals surface area contributed by atoms with Gasteiger partial charge in [-0.25, -0.2) is 8.42 Å². The third kappa shape index (κ3) is 2.92. The highest BCUT2D eigenvalue weighted by atomic mass is 32.2. The number of furan rings is 1. The van der Waals surface area contributed by atoms with E-state index in [9.17, 15) is 8.42 Å². The van der Waals surface area contributed by atoms with Gasteiger partial charge in [0.15, 0.2) is 0 Å². The number of benzene rings is 1. The second kappa shape index (κ2) is 4.86. The number of hydrogen-bond donors (Lipinski definition) is 0. The average Bonchev–Trinajstić information content (AvgIpc) is 2.79. The Hall–Kier alpha value is -1.75. The zero-order valence-electron chi connectivity index (χ0n) is 10.3. The summed E-state index contributed by atoms with van der Waals surface area (Å²) in [7, 11) is -3.33. The molecule has 0 atom stereocenters. The van der Waals surface area contributed by atoms with Crippen molar-refractivity contribution in [3.05, 3.63) is 54.0 Å². The van der Waals surface area contributed by atoms with Crippen molar-refractivity contribution < 1.29 is 12.8 Å². The molecule has 0 radical (unpaired) electrons. The van der Waals surface area contributed by atoms with Crippen molar-refractivity contribution in [1.82, 2.24) is 0 Å². The molecule has 4 nitrogen and oxygen atoms in total. The number of rotatable bonds is 4. The fourth-order valence-corrected chi connectivity index (χ4v) is 2.52. The molecule has 0 spiro atoms. The van der Waals surface area contributed by atoms with Gasteiger partial charge in [0, 0.05) is 0 Å². The smallest absolute Gasteiger partial charge is 0.232 e. The van der Waals surface area contributed by atoms with Crippen molar-refractivity contribution >= 4 is 15.7 Å². The average molecular weight is 265 g/mol. The van der Waals surface area contributed by atoms with Gasteiger partial charge in [-0.15, -0.1) is 0 Å². The van der Waals surface area contributed by atoms with Crippen molar-refractivity contribution in [2.75, 3.05) is 10.6 Å². The van der Waals surface area contributed by atoms with Gasteiger partial charge in [-0.1, -0.05) is 17.7 Å². The first kappa shape index (κ1) is 12.7. The number of hydrogen-bond acceptors (Lipinski definition) is 3. The second-order valence-corrected chi connectivity index (χ2v) is 6.09. The topological polar surface area (TPSA) is 50.5 Å². The van der Waals surface area contributed by atoms with Gasteiger partial charge in [-0.05, 0) is 31.2 Å². The van der Waals surface area contributed by atoms with E-state index < -0.39 is 10.0 Å². The third-order valence-electron chi connectivity index (χ3n) is 2.60. The molecular weight excluding hydrogens is 250 g/mol. The summed E-state index contributed by atoms with van der Waals surface area (Å²) in [6, 6.07) is 10.8. The Balaban J connectivity index is 2.34. The largest absolute Gasteiger partial charge is 0.467 e. The molecule has 0 aliphatic heterocycles. The lowest BCUT2D eigenvalue weighted by atomic mass is 10.2. The van der Waals surface area contributed by atoms with E-state index in [1.807, 2.05) is 19.1 Å². The maximum Gasteiger partial charge on any atom is 0.232 e. The Morgan fingerprint density at radius 1 is 1.17 bits per heavy atom. The van der Waals surface area contributed by atoms with Crippen LogP contribution in [-0.4, -0.2) is 14.7 Å². The van der Waals surface area contributed by atoms with Crippen LogP contribution in [0.3, 0.4) is 0 Å². The first-order valence-electron chi connectivity index (χ1n) is 5.53. The van der Waals surface area contributed by atoms with Gasteiger partial charge in [0.05, 0.1) is 24.8 Å². The first-order valence-corrected chi connectivity index (χ1v) is 7.38. The SMILES string of the molecule is Cc1ccc(N(Cc2ccco2)S(C)(=O)=O)cc1. The zero-order chi connectivity index (χ0) is 13.2. The summed E-state index contributed by atoms with van der Waals surface area (Å²) in [5.74, 6) is 0.612. The number of anilines is 1. The quantitative estimate of drug-likeness (QED) is 0.853. The highest BCUT2D eigenvalue weighted by molar-refractivity contribution is 7.92. The molecule has 0 aliphatic carbocycles. The molecular formula is C13H15NO3S. The van der Waals surface area contributed by atoms with Crippen LogP contribution in [0, 0.1) is 6.92 Å². The molecule has 5 heteroatoms. The fraction of sp³-hybridized carbons (Fsp3) is 0.231. The summed E-state index contributed by atoms with van der Waals surface area (Å²) in [5, 5.41) is 0. The normalized spacial score (nSPS) is 11.4. The van der Waals surface area contributed by atoms with Crippen molar-refractivity contribution in [2.24, 2.45) is 0 Å². The molecule has 0 unspecified atom stereocenters. The summed E-state index contributed by atoms with van der Waals surface area (Å²) in [4.78, 5) is 0. The molecule has 0 N–H and O–H groups in total. The van der Waals surface area contributed by atoms with Crippen LogP contribution in [0.1, 0.15) is 11.3 Å². The van der Waals surface area contributed by atoms with Crippen LogP contribution in [0.15, 0.2) is 47.1 Å². The van der Waals surface area contributed by atoms with Gasteiger partial charge < -0.3 is 4.42 Å². The minimum atomic E-state index is -3.33. The van der Waals surface area contributed by atoms with Crippen molar-refractivity contribution in [2.45, 2.75) is 13.5 Å². The van der Waals surface area contributed by atoms with E-state index in [0.29, 0.717) is 11.4 Å². The highest BCUT2D eigenvalue weighted by Gasteiger charge is 2.18. The summed E-state index contributed by atoms with van der Waals surface area (Å²) >= 11 is 0.